The van der Waals surface area contributed by atoms with Crippen LogP contribution in [0.1, 0.15) is 6.23 Å². The molecule has 20 heavy (non-hydrogen) atoms. The zero-order valence-corrected chi connectivity index (χ0v) is 10.1. The molecule has 1 saturated heterocycles. The lowest BCUT2D eigenvalue weighted by atomic mass is 10.1. The summed E-state index contributed by atoms with van der Waals surface area (Å²) in [5, 5.41) is 32.2. The van der Waals surface area contributed by atoms with Gasteiger partial charge in [-0.3, -0.25) is 4.57 Å². The van der Waals surface area contributed by atoms with E-state index in [1.807, 2.05) is 0 Å². The standard InChI is InChI=1S/C9H12N6O5/c10-4-1-2-15(8(19)12-4)7-5(17)6(18)9(3-16,20-7)13-14-11/h1-2,5-7,16-18H,3H2,(H2,10,12,19)/t5?,6?,7-,9-/m1/s1. The summed E-state index contributed by atoms with van der Waals surface area (Å²) in [7, 11) is 0. The Balaban J connectivity index is 2.45. The summed E-state index contributed by atoms with van der Waals surface area (Å²) >= 11 is 0. The van der Waals surface area contributed by atoms with Gasteiger partial charge in [0.05, 0.1) is 6.61 Å². The van der Waals surface area contributed by atoms with E-state index in [9.17, 15) is 20.1 Å². The number of nitrogen functional groups attached to an aromatic ring is 1. The third-order valence-corrected chi connectivity index (χ3v) is 2.97. The minimum absolute atomic E-state index is 0.0252. The minimum Gasteiger partial charge on any atom is -0.393 e. The van der Waals surface area contributed by atoms with Crippen molar-refractivity contribution in [3.63, 3.8) is 0 Å². The van der Waals surface area contributed by atoms with Gasteiger partial charge in [0.25, 0.3) is 0 Å². The first kappa shape index (κ1) is 14.2. The number of rotatable bonds is 3. The zero-order chi connectivity index (χ0) is 14.9. The van der Waals surface area contributed by atoms with Crippen LogP contribution >= 0.6 is 0 Å². The summed E-state index contributed by atoms with van der Waals surface area (Å²) in [5.41, 5.74) is 10.9. The summed E-state index contributed by atoms with van der Waals surface area (Å²) in [4.78, 5) is 17.6. The molecule has 108 valence electrons. The highest BCUT2D eigenvalue weighted by Crippen LogP contribution is 2.37. The highest BCUT2D eigenvalue weighted by atomic mass is 16.6. The molecule has 0 radical (unpaired) electrons. The Morgan fingerprint density at radius 1 is 1.65 bits per heavy atom. The lowest BCUT2D eigenvalue weighted by Crippen LogP contribution is -2.44. The van der Waals surface area contributed by atoms with Gasteiger partial charge in [-0.2, -0.15) is 4.98 Å². The first-order valence-electron chi connectivity index (χ1n) is 5.51. The Morgan fingerprint density at radius 2 is 2.35 bits per heavy atom. The van der Waals surface area contributed by atoms with Crippen molar-refractivity contribution in [3.8, 4) is 0 Å². The van der Waals surface area contributed by atoms with Crippen LogP contribution in [0.5, 0.6) is 0 Å². The molecule has 0 aromatic carbocycles. The zero-order valence-electron chi connectivity index (χ0n) is 10.1. The van der Waals surface area contributed by atoms with E-state index in [4.69, 9.17) is 16.0 Å². The van der Waals surface area contributed by atoms with E-state index < -0.39 is 36.5 Å². The molecule has 1 aliphatic rings. The van der Waals surface area contributed by atoms with Gasteiger partial charge in [-0.05, 0) is 11.6 Å². The van der Waals surface area contributed by atoms with E-state index in [1.165, 1.54) is 12.3 Å². The van der Waals surface area contributed by atoms with Crippen LogP contribution in [-0.2, 0) is 4.74 Å². The number of hydrogen-bond acceptors (Lipinski definition) is 8. The smallest absolute Gasteiger partial charge is 0.351 e. The molecule has 4 atom stereocenters. The lowest BCUT2D eigenvalue weighted by molar-refractivity contribution is -0.125. The number of nitrogens with two attached hydrogens (primary N) is 1. The fraction of sp³-hybridized carbons (Fsp3) is 0.556. The van der Waals surface area contributed by atoms with E-state index in [0.717, 1.165) is 4.57 Å². The monoisotopic (exact) mass is 284 g/mol. The Morgan fingerprint density at radius 3 is 2.90 bits per heavy atom. The van der Waals surface area contributed by atoms with Gasteiger partial charge in [0, 0.05) is 11.1 Å². The molecule has 1 fully saturated rings. The Bertz CT molecular complexity index is 613. The van der Waals surface area contributed by atoms with Crippen LogP contribution in [0.3, 0.4) is 0 Å². The van der Waals surface area contributed by atoms with E-state index >= 15 is 0 Å². The molecular formula is C9H12N6O5. The molecule has 2 rings (SSSR count). The quantitative estimate of drug-likeness (QED) is 0.283. The van der Waals surface area contributed by atoms with Crippen molar-refractivity contribution in [2.24, 2.45) is 5.11 Å². The second-order valence-corrected chi connectivity index (χ2v) is 4.18. The maximum atomic E-state index is 11.7. The molecule has 5 N–H and O–H groups in total. The fourth-order valence-corrected chi connectivity index (χ4v) is 1.93. The van der Waals surface area contributed by atoms with Crippen molar-refractivity contribution in [2.75, 3.05) is 12.3 Å². The van der Waals surface area contributed by atoms with E-state index in [0.29, 0.717) is 0 Å². The number of aliphatic hydroxyl groups excluding tert-OH is 3. The van der Waals surface area contributed by atoms with Crippen molar-refractivity contribution in [3.05, 3.63) is 33.2 Å². The van der Waals surface area contributed by atoms with E-state index in [-0.39, 0.29) is 5.82 Å². The molecule has 1 aromatic heterocycles. The van der Waals surface area contributed by atoms with Crippen LogP contribution in [0.25, 0.3) is 10.4 Å². The molecule has 0 aliphatic carbocycles. The van der Waals surface area contributed by atoms with Crippen LogP contribution in [0.2, 0.25) is 0 Å². The molecule has 0 amide bonds. The van der Waals surface area contributed by atoms with Crippen molar-refractivity contribution < 1.29 is 20.1 Å². The highest BCUT2D eigenvalue weighted by Gasteiger charge is 2.54. The van der Waals surface area contributed by atoms with Gasteiger partial charge in [0.1, 0.15) is 18.0 Å². The summed E-state index contributed by atoms with van der Waals surface area (Å²) in [6.07, 6.45) is -3.48. The Kier molecular flexibility index (Phi) is 3.61. The Labute approximate surface area is 111 Å². The van der Waals surface area contributed by atoms with Gasteiger partial charge in [0.2, 0.25) is 5.72 Å². The van der Waals surface area contributed by atoms with Crippen molar-refractivity contribution >= 4 is 5.82 Å². The number of aliphatic hydroxyl groups is 3. The molecule has 1 aromatic rings. The van der Waals surface area contributed by atoms with Gasteiger partial charge >= 0.3 is 5.69 Å². The molecular weight excluding hydrogens is 272 g/mol. The normalized spacial score (nSPS) is 32.9. The average molecular weight is 284 g/mol. The topological polar surface area (TPSA) is 180 Å². The Hall–Kier alpha value is -2.17. The van der Waals surface area contributed by atoms with Crippen LogP contribution in [0, 0.1) is 0 Å². The maximum Gasteiger partial charge on any atom is 0.351 e. The fourth-order valence-electron chi connectivity index (χ4n) is 1.93. The van der Waals surface area contributed by atoms with E-state index in [1.54, 1.807) is 0 Å². The van der Waals surface area contributed by atoms with Gasteiger partial charge in [-0.1, -0.05) is 5.11 Å². The second-order valence-electron chi connectivity index (χ2n) is 4.18. The molecule has 2 heterocycles. The molecule has 0 bridgehead atoms. The number of ether oxygens (including phenoxy) is 1. The van der Waals surface area contributed by atoms with Crippen molar-refractivity contribution in [1.29, 1.82) is 0 Å². The summed E-state index contributed by atoms with van der Waals surface area (Å²) in [6, 6.07) is 1.29. The van der Waals surface area contributed by atoms with Gasteiger partial charge in [0.15, 0.2) is 6.23 Å². The maximum absolute atomic E-state index is 11.7. The largest absolute Gasteiger partial charge is 0.393 e. The molecule has 11 nitrogen and oxygen atoms in total. The van der Waals surface area contributed by atoms with Gasteiger partial charge in [-0.15, -0.1) is 0 Å². The third kappa shape index (κ3) is 2.09. The van der Waals surface area contributed by atoms with Crippen molar-refractivity contribution in [2.45, 2.75) is 24.2 Å². The number of nitrogens with zero attached hydrogens (tertiary/aromatic N) is 5. The molecule has 1 aliphatic heterocycles. The van der Waals surface area contributed by atoms with Crippen LogP contribution < -0.4 is 11.4 Å². The van der Waals surface area contributed by atoms with Gasteiger partial charge in [-0.25, -0.2) is 4.79 Å². The number of anilines is 1. The predicted molar refractivity (Wildman–Crippen MR) is 64.0 cm³/mol. The number of azide groups is 1. The average Bonchev–Trinajstić information content (AvgIpc) is 2.65. The minimum atomic E-state index is -2.07. The highest BCUT2D eigenvalue weighted by molar-refractivity contribution is 5.23. The summed E-state index contributed by atoms with van der Waals surface area (Å²) in [5.74, 6) is -0.0252. The van der Waals surface area contributed by atoms with Crippen LogP contribution in [0.15, 0.2) is 22.2 Å². The first-order valence-corrected chi connectivity index (χ1v) is 5.51. The van der Waals surface area contributed by atoms with Crippen LogP contribution in [0.4, 0.5) is 5.82 Å². The third-order valence-electron chi connectivity index (χ3n) is 2.97. The SMILES string of the molecule is [N-]=[N+]=N[C@]1(CO)O[C@@H](n2ccc(N)nc2=O)C(O)C1O. The second kappa shape index (κ2) is 5.07. The summed E-state index contributed by atoms with van der Waals surface area (Å²) in [6.45, 7) is -0.872. The number of hydrogen-bond donors (Lipinski definition) is 4. The molecule has 0 saturated carbocycles. The number of aromatic nitrogens is 2. The van der Waals surface area contributed by atoms with Gasteiger partial charge < -0.3 is 25.8 Å². The van der Waals surface area contributed by atoms with Crippen molar-refractivity contribution in [1.82, 2.24) is 9.55 Å². The lowest BCUT2D eigenvalue weighted by Gasteiger charge is -2.23. The molecule has 0 spiro atoms. The van der Waals surface area contributed by atoms with E-state index in [2.05, 4.69) is 15.0 Å². The molecule has 2 unspecified atom stereocenters. The predicted octanol–water partition coefficient (Wildman–Crippen LogP) is -1.92. The summed E-state index contributed by atoms with van der Waals surface area (Å²) < 4.78 is 6.05. The first-order chi connectivity index (χ1) is 9.45. The molecule has 11 heteroatoms. The van der Waals surface area contributed by atoms with Crippen LogP contribution in [-0.4, -0.2) is 49.4 Å².